The number of hydrogen-bond donors (Lipinski definition) is 1. The van der Waals surface area contributed by atoms with E-state index in [4.69, 9.17) is 14.3 Å². The molecule has 2 saturated heterocycles. The highest BCUT2D eigenvalue weighted by Gasteiger charge is 2.39. The summed E-state index contributed by atoms with van der Waals surface area (Å²) in [6.45, 7) is 7.61. The number of hydrogen-bond acceptors (Lipinski definition) is 8. The van der Waals surface area contributed by atoms with Crippen LogP contribution in [0.15, 0.2) is 17.4 Å². The molecule has 0 unspecified atom stereocenters. The van der Waals surface area contributed by atoms with E-state index >= 15 is 0 Å². The van der Waals surface area contributed by atoms with Crippen LogP contribution in [0.5, 0.6) is 0 Å². The van der Waals surface area contributed by atoms with Crippen molar-refractivity contribution in [1.29, 1.82) is 0 Å². The molecule has 2 aliphatic rings. The monoisotopic (exact) mass is 435 g/mol. The van der Waals surface area contributed by atoms with Crippen LogP contribution in [0, 0.1) is 5.41 Å². The van der Waals surface area contributed by atoms with Crippen molar-refractivity contribution in [3.8, 4) is 0 Å². The van der Waals surface area contributed by atoms with Crippen LogP contribution in [0.25, 0.3) is 0 Å². The van der Waals surface area contributed by atoms with Crippen LogP contribution >= 0.6 is 0 Å². The second-order valence-electron chi connectivity index (χ2n) is 8.36. The number of aromatic amines is 1. The number of cyclic esters (lactones) is 1. The summed E-state index contributed by atoms with van der Waals surface area (Å²) >= 11 is 0. The van der Waals surface area contributed by atoms with Crippen molar-refractivity contribution in [1.82, 2.24) is 20.0 Å². The van der Waals surface area contributed by atoms with E-state index in [1.54, 1.807) is 22.8 Å². The lowest BCUT2D eigenvalue weighted by atomic mass is 9.91. The third kappa shape index (κ3) is 5.74. The van der Waals surface area contributed by atoms with Gasteiger partial charge in [0.15, 0.2) is 5.71 Å². The molecule has 0 aliphatic carbocycles. The number of piperidine rings is 1. The van der Waals surface area contributed by atoms with E-state index in [1.165, 1.54) is 6.20 Å². The van der Waals surface area contributed by atoms with E-state index < -0.39 is 12.6 Å². The first-order valence-corrected chi connectivity index (χ1v) is 10.4. The minimum atomic E-state index is -0.570. The number of H-pyrrole nitrogens is 1. The fraction of sp³-hybridized carbons (Fsp3) is 0.650. The van der Waals surface area contributed by atoms with Crippen LogP contribution < -0.4 is 0 Å². The molecule has 2 aliphatic heterocycles. The molecule has 11 heteroatoms. The van der Waals surface area contributed by atoms with Gasteiger partial charge in [0, 0.05) is 37.3 Å². The van der Waals surface area contributed by atoms with Crippen LogP contribution in [-0.4, -0.2) is 89.2 Å². The third-order valence-electron chi connectivity index (χ3n) is 5.21. The topological polar surface area (TPSA) is 126 Å². The van der Waals surface area contributed by atoms with E-state index in [1.807, 2.05) is 0 Å². The van der Waals surface area contributed by atoms with E-state index in [-0.39, 0.29) is 35.8 Å². The molecule has 1 aromatic rings. The first kappa shape index (κ1) is 22.6. The predicted octanol–water partition coefficient (Wildman–Crippen LogP) is 1.16. The van der Waals surface area contributed by atoms with Gasteiger partial charge in [-0.05, 0) is 25.8 Å². The minimum Gasteiger partial charge on any atom is -0.463 e. The highest BCUT2D eigenvalue weighted by Crippen LogP contribution is 2.28. The van der Waals surface area contributed by atoms with Gasteiger partial charge < -0.3 is 24.1 Å². The van der Waals surface area contributed by atoms with Crippen molar-refractivity contribution < 1.29 is 28.7 Å². The lowest BCUT2D eigenvalue weighted by molar-refractivity contribution is -0.148. The molecule has 3 rings (SSSR count). The molecule has 1 aromatic heterocycles. The summed E-state index contributed by atoms with van der Waals surface area (Å²) in [5.41, 5.74) is 0.313. The quantitative estimate of drug-likeness (QED) is 0.387. The summed E-state index contributed by atoms with van der Waals surface area (Å²) < 4.78 is 10.1. The number of amides is 2. The number of oxime groups is 1. The smallest absolute Gasteiger partial charge is 0.410 e. The van der Waals surface area contributed by atoms with Crippen molar-refractivity contribution in [3.63, 3.8) is 0 Å². The maximum absolute atomic E-state index is 13.1. The lowest BCUT2D eigenvalue weighted by Crippen LogP contribution is -2.55. The maximum Gasteiger partial charge on any atom is 0.410 e. The summed E-state index contributed by atoms with van der Waals surface area (Å²) in [7, 11) is 0. The number of esters is 1. The Bertz CT molecular complexity index is 814. The van der Waals surface area contributed by atoms with Gasteiger partial charge in [0.2, 0.25) is 6.61 Å². The lowest BCUT2D eigenvalue weighted by Gasteiger charge is -2.44. The van der Waals surface area contributed by atoms with Crippen molar-refractivity contribution in [2.45, 2.75) is 39.7 Å². The molecule has 0 aromatic carbocycles. The number of nitrogens with zero attached hydrogens (tertiary/aromatic N) is 4. The highest BCUT2D eigenvalue weighted by molar-refractivity contribution is 6.44. The zero-order valence-electron chi connectivity index (χ0n) is 18.1. The zero-order chi connectivity index (χ0) is 22.4. The third-order valence-corrected chi connectivity index (χ3v) is 5.21. The second-order valence-corrected chi connectivity index (χ2v) is 8.36. The second kappa shape index (κ2) is 9.80. The Morgan fingerprint density at radius 1 is 1.35 bits per heavy atom. The molecule has 1 N–H and O–H groups in total. The van der Waals surface area contributed by atoms with Gasteiger partial charge in [-0.25, -0.2) is 9.59 Å². The molecule has 2 fully saturated rings. The molecule has 0 radical (unpaired) electrons. The number of rotatable bonds is 7. The van der Waals surface area contributed by atoms with Crippen LogP contribution in [-0.2, 0) is 23.9 Å². The van der Waals surface area contributed by atoms with Gasteiger partial charge in [0.25, 0.3) is 5.91 Å². The Labute approximate surface area is 180 Å². The molecule has 0 saturated carbocycles. The summed E-state index contributed by atoms with van der Waals surface area (Å²) in [5.74, 6) is -0.909. The Morgan fingerprint density at radius 3 is 2.74 bits per heavy atom. The molecule has 11 nitrogen and oxygen atoms in total. The van der Waals surface area contributed by atoms with Crippen LogP contribution in [0.1, 0.15) is 39.3 Å². The molecular weight excluding hydrogens is 406 g/mol. The number of carbonyl (C=O) groups is 3. The number of nitrogens with one attached hydrogen (secondary N) is 1. The fourth-order valence-electron chi connectivity index (χ4n) is 3.66. The fourth-order valence-corrected chi connectivity index (χ4v) is 3.66. The van der Waals surface area contributed by atoms with Gasteiger partial charge >= 0.3 is 12.1 Å². The van der Waals surface area contributed by atoms with E-state index in [9.17, 15) is 14.4 Å². The average molecular weight is 435 g/mol. The number of carbonyl (C=O) groups excluding carboxylic acids is 3. The molecule has 31 heavy (non-hydrogen) atoms. The van der Waals surface area contributed by atoms with E-state index in [0.29, 0.717) is 44.8 Å². The Kier molecular flexibility index (Phi) is 7.13. The van der Waals surface area contributed by atoms with E-state index in [0.717, 1.165) is 0 Å². The summed E-state index contributed by atoms with van der Waals surface area (Å²) in [6, 6.07) is 1.62. The Morgan fingerprint density at radius 2 is 2.10 bits per heavy atom. The normalized spacial score (nSPS) is 19.7. The number of ether oxygens (including phenoxy) is 2. The predicted molar refractivity (Wildman–Crippen MR) is 109 cm³/mol. The first-order chi connectivity index (χ1) is 14.8. The van der Waals surface area contributed by atoms with Gasteiger partial charge in [0.05, 0.1) is 18.9 Å². The van der Waals surface area contributed by atoms with Crippen molar-refractivity contribution in [3.05, 3.63) is 18.0 Å². The SMILES string of the molecule is CCOC(=O)CO/N=C(/C(=O)N1CCC(N2CC(C)(C)COC2=O)CC1)c1ccn[nH]1. The molecule has 0 atom stereocenters. The van der Waals surface area contributed by atoms with Crippen LogP contribution in [0.2, 0.25) is 0 Å². The molecule has 0 spiro atoms. The Balaban J connectivity index is 1.62. The molecular formula is C20H29N5O6. The summed E-state index contributed by atoms with van der Waals surface area (Å²) in [4.78, 5) is 45.3. The van der Waals surface area contributed by atoms with E-state index in [2.05, 4.69) is 29.2 Å². The van der Waals surface area contributed by atoms with Crippen molar-refractivity contribution in [2.75, 3.05) is 39.5 Å². The first-order valence-electron chi connectivity index (χ1n) is 10.4. The minimum absolute atomic E-state index is 0.0173. The van der Waals surface area contributed by atoms with Gasteiger partial charge in [-0.1, -0.05) is 19.0 Å². The largest absolute Gasteiger partial charge is 0.463 e. The zero-order valence-corrected chi connectivity index (χ0v) is 18.1. The summed E-state index contributed by atoms with van der Waals surface area (Å²) in [5, 5.41) is 10.4. The standard InChI is InChI=1S/C20H29N5O6/c1-4-29-16(26)11-31-23-17(15-5-8-21-22-15)18(27)24-9-6-14(7-10-24)25-12-20(2,3)13-30-19(25)28/h5,8,14H,4,6-7,9-13H2,1-3H3,(H,21,22)/b23-17+. The molecule has 170 valence electrons. The number of likely N-dealkylation sites (tertiary alicyclic amines) is 1. The average Bonchev–Trinajstić information content (AvgIpc) is 3.27. The molecule has 0 bridgehead atoms. The van der Waals surface area contributed by atoms with Crippen LogP contribution in [0.3, 0.4) is 0 Å². The van der Waals surface area contributed by atoms with Gasteiger partial charge in [-0.15, -0.1) is 0 Å². The Hall–Kier alpha value is -3.11. The highest BCUT2D eigenvalue weighted by atomic mass is 16.7. The van der Waals surface area contributed by atoms with Gasteiger partial charge in [0.1, 0.15) is 0 Å². The van der Waals surface area contributed by atoms with Crippen LogP contribution in [0.4, 0.5) is 4.79 Å². The van der Waals surface area contributed by atoms with Crippen molar-refractivity contribution in [2.24, 2.45) is 10.6 Å². The van der Waals surface area contributed by atoms with Crippen molar-refractivity contribution >= 4 is 23.7 Å². The molecule has 3 heterocycles. The summed E-state index contributed by atoms with van der Waals surface area (Å²) in [6.07, 6.45) is 2.48. The van der Waals surface area contributed by atoms with Gasteiger partial charge in [-0.3, -0.25) is 9.89 Å². The molecule has 2 amide bonds. The van der Waals surface area contributed by atoms with Gasteiger partial charge in [-0.2, -0.15) is 5.10 Å². The maximum atomic E-state index is 13.1. The number of aromatic nitrogens is 2.